The van der Waals surface area contributed by atoms with Crippen molar-refractivity contribution in [1.82, 2.24) is 15.0 Å². The molecule has 0 saturated carbocycles. The summed E-state index contributed by atoms with van der Waals surface area (Å²) in [4.78, 5) is 15.3. The van der Waals surface area contributed by atoms with Crippen molar-refractivity contribution in [2.24, 2.45) is 0 Å². The van der Waals surface area contributed by atoms with Crippen LogP contribution < -0.4 is 10.2 Å². The van der Waals surface area contributed by atoms with Gasteiger partial charge in [-0.15, -0.1) is 0 Å². The molecule has 0 aliphatic carbocycles. The smallest absolute Gasteiger partial charge is 0.177 e. The maximum atomic E-state index is 12.2. The van der Waals surface area contributed by atoms with Crippen LogP contribution in [0.3, 0.4) is 0 Å². The Labute approximate surface area is 175 Å². The molecule has 0 aliphatic rings. The van der Waals surface area contributed by atoms with E-state index in [1.54, 1.807) is 12.4 Å². The van der Waals surface area contributed by atoms with Gasteiger partial charge in [0.1, 0.15) is 0 Å². The number of fused-ring (bicyclic) bond motifs is 1. The molecule has 0 fully saturated rings. The summed E-state index contributed by atoms with van der Waals surface area (Å²) < 4.78 is 24.3. The van der Waals surface area contributed by atoms with E-state index in [9.17, 15) is 8.42 Å². The topological polar surface area (TPSA) is 88.1 Å². The van der Waals surface area contributed by atoms with Crippen LogP contribution in [0.15, 0.2) is 72.1 Å². The largest absolute Gasteiger partial charge is 0.378 e. The lowest BCUT2D eigenvalue weighted by Crippen LogP contribution is -2.08. The highest BCUT2D eigenvalue weighted by molar-refractivity contribution is 7.90. The first-order valence-electron chi connectivity index (χ1n) is 9.26. The Bertz CT molecular complexity index is 1340. The number of hydrogen-bond donors (Lipinski definition) is 1. The van der Waals surface area contributed by atoms with Gasteiger partial charge in [-0.2, -0.15) is 0 Å². The van der Waals surface area contributed by atoms with E-state index in [0.717, 1.165) is 22.3 Å². The van der Waals surface area contributed by atoms with Gasteiger partial charge in [-0.05, 0) is 35.9 Å². The minimum Gasteiger partial charge on any atom is -0.378 e. The summed E-state index contributed by atoms with van der Waals surface area (Å²) in [6.07, 6.45) is 7.45. The number of sulfone groups is 1. The third kappa shape index (κ3) is 3.95. The van der Waals surface area contributed by atoms with Crippen LogP contribution in [-0.4, -0.2) is 43.7 Å². The number of aromatic nitrogens is 3. The van der Waals surface area contributed by atoms with E-state index in [1.165, 1.54) is 24.7 Å². The van der Waals surface area contributed by atoms with E-state index in [2.05, 4.69) is 26.3 Å². The highest BCUT2D eigenvalue weighted by atomic mass is 32.2. The molecule has 8 heteroatoms. The molecule has 152 valence electrons. The van der Waals surface area contributed by atoms with Crippen LogP contribution in [0.1, 0.15) is 0 Å². The zero-order valence-corrected chi connectivity index (χ0v) is 17.7. The highest BCUT2D eigenvalue weighted by Gasteiger charge is 2.15. The number of nitrogens with one attached hydrogen (secondary N) is 1. The zero-order chi connectivity index (χ0) is 21.3. The number of anilines is 3. The van der Waals surface area contributed by atoms with Crippen molar-refractivity contribution in [3.63, 3.8) is 0 Å². The summed E-state index contributed by atoms with van der Waals surface area (Å²) in [5, 5.41) is 3.20. The lowest BCUT2D eigenvalue weighted by Gasteiger charge is -2.16. The molecular weight excluding hydrogens is 398 g/mol. The Morgan fingerprint density at radius 2 is 1.77 bits per heavy atom. The Morgan fingerprint density at radius 1 is 0.967 bits per heavy atom. The van der Waals surface area contributed by atoms with E-state index < -0.39 is 9.84 Å². The zero-order valence-electron chi connectivity index (χ0n) is 16.9. The summed E-state index contributed by atoms with van der Waals surface area (Å²) in [6.45, 7) is 0. The molecule has 1 N–H and O–H groups in total. The van der Waals surface area contributed by atoms with E-state index >= 15 is 0 Å². The van der Waals surface area contributed by atoms with Gasteiger partial charge in [0.15, 0.2) is 9.84 Å². The molecule has 7 nitrogen and oxygen atoms in total. The van der Waals surface area contributed by atoms with Crippen LogP contribution in [0.25, 0.3) is 22.2 Å². The minimum absolute atomic E-state index is 0.188. The summed E-state index contributed by atoms with van der Waals surface area (Å²) in [5.74, 6) is 0. The first-order chi connectivity index (χ1) is 14.3. The average Bonchev–Trinajstić information content (AvgIpc) is 2.73. The van der Waals surface area contributed by atoms with E-state index in [4.69, 9.17) is 0 Å². The van der Waals surface area contributed by atoms with Crippen molar-refractivity contribution in [3.05, 3.63) is 67.3 Å². The van der Waals surface area contributed by atoms with Crippen LogP contribution in [0.4, 0.5) is 17.1 Å². The lowest BCUT2D eigenvalue weighted by molar-refractivity contribution is 0.602. The van der Waals surface area contributed by atoms with Crippen molar-refractivity contribution in [1.29, 1.82) is 0 Å². The van der Waals surface area contributed by atoms with E-state index in [1.807, 2.05) is 49.3 Å². The molecule has 0 unspecified atom stereocenters. The van der Waals surface area contributed by atoms with Gasteiger partial charge in [-0.3, -0.25) is 15.0 Å². The molecule has 0 aliphatic heterocycles. The van der Waals surface area contributed by atoms with Crippen LogP contribution >= 0.6 is 0 Å². The second kappa shape index (κ2) is 7.72. The molecule has 0 radical (unpaired) electrons. The molecule has 4 aromatic rings. The second-order valence-electron chi connectivity index (χ2n) is 7.16. The van der Waals surface area contributed by atoms with Crippen molar-refractivity contribution in [2.75, 3.05) is 30.6 Å². The predicted molar refractivity (Wildman–Crippen MR) is 120 cm³/mol. The number of rotatable bonds is 5. The number of pyridine rings is 1. The van der Waals surface area contributed by atoms with Crippen LogP contribution in [0.2, 0.25) is 0 Å². The van der Waals surface area contributed by atoms with Gasteiger partial charge in [0.25, 0.3) is 0 Å². The Hall–Kier alpha value is -3.52. The molecule has 0 atom stereocenters. The molecule has 2 heterocycles. The highest BCUT2D eigenvalue weighted by Crippen LogP contribution is 2.33. The van der Waals surface area contributed by atoms with Gasteiger partial charge in [0.05, 0.1) is 27.8 Å². The second-order valence-corrected chi connectivity index (χ2v) is 9.15. The van der Waals surface area contributed by atoms with Gasteiger partial charge in [0, 0.05) is 55.9 Å². The number of benzene rings is 2. The lowest BCUT2D eigenvalue weighted by atomic mass is 10.0. The molecule has 0 spiro atoms. The first-order valence-corrected chi connectivity index (χ1v) is 11.2. The molecule has 4 rings (SSSR count). The van der Waals surface area contributed by atoms with Gasteiger partial charge in [-0.1, -0.05) is 12.1 Å². The Morgan fingerprint density at radius 3 is 2.53 bits per heavy atom. The summed E-state index contributed by atoms with van der Waals surface area (Å²) in [7, 11) is 0.571. The molecule has 30 heavy (non-hydrogen) atoms. The fraction of sp³-hybridized carbons (Fsp3) is 0.136. The van der Waals surface area contributed by atoms with Crippen LogP contribution in [-0.2, 0) is 9.84 Å². The van der Waals surface area contributed by atoms with E-state index in [0.29, 0.717) is 16.9 Å². The Kier molecular flexibility index (Phi) is 5.09. The van der Waals surface area contributed by atoms with Gasteiger partial charge >= 0.3 is 0 Å². The van der Waals surface area contributed by atoms with Crippen molar-refractivity contribution >= 4 is 37.9 Å². The fourth-order valence-electron chi connectivity index (χ4n) is 3.27. The molecule has 2 aromatic carbocycles. The van der Waals surface area contributed by atoms with Gasteiger partial charge in [0.2, 0.25) is 0 Å². The van der Waals surface area contributed by atoms with E-state index in [-0.39, 0.29) is 4.90 Å². The third-order valence-corrected chi connectivity index (χ3v) is 5.86. The fourth-order valence-corrected chi connectivity index (χ4v) is 4.08. The summed E-state index contributed by atoms with van der Waals surface area (Å²) >= 11 is 0. The number of nitrogens with zero attached hydrogens (tertiary/aromatic N) is 4. The molecule has 0 saturated heterocycles. The maximum absolute atomic E-state index is 12.2. The number of hydrogen-bond acceptors (Lipinski definition) is 7. The molecule has 2 aromatic heterocycles. The van der Waals surface area contributed by atoms with Crippen LogP contribution in [0.5, 0.6) is 0 Å². The summed E-state index contributed by atoms with van der Waals surface area (Å²) in [5.41, 5.74) is 5.55. The predicted octanol–water partition coefficient (Wildman–Crippen LogP) is 3.90. The molecule has 0 amide bonds. The normalized spacial score (nSPS) is 11.4. The Balaban J connectivity index is 1.88. The van der Waals surface area contributed by atoms with Crippen molar-refractivity contribution in [3.8, 4) is 11.1 Å². The third-order valence-electron chi connectivity index (χ3n) is 4.71. The molecular formula is C22H21N5O2S. The SMILES string of the molecule is CN(C)c1cccc(-c2cc(Nc3cnccc3S(C)(=O)=O)cc3nccnc23)c1. The van der Waals surface area contributed by atoms with Gasteiger partial charge in [-0.25, -0.2) is 8.42 Å². The minimum atomic E-state index is -3.41. The molecule has 0 bridgehead atoms. The first kappa shape index (κ1) is 19.8. The summed E-state index contributed by atoms with van der Waals surface area (Å²) in [6, 6.07) is 13.4. The van der Waals surface area contributed by atoms with Gasteiger partial charge < -0.3 is 10.2 Å². The quantitative estimate of drug-likeness (QED) is 0.525. The average molecular weight is 420 g/mol. The van der Waals surface area contributed by atoms with Crippen molar-refractivity contribution in [2.45, 2.75) is 4.90 Å². The standard InChI is InChI=1S/C22H21N5O2S/c1-27(2)17-6-4-5-15(11-17)18-12-16(13-19-22(18)25-10-9-24-19)26-20-14-23-8-7-21(20)30(3,28)29/h4-14,26H,1-3H3. The van der Waals surface area contributed by atoms with Crippen LogP contribution in [0, 0.1) is 0 Å². The van der Waals surface area contributed by atoms with Crippen molar-refractivity contribution < 1.29 is 8.42 Å². The maximum Gasteiger partial charge on any atom is 0.177 e. The monoisotopic (exact) mass is 419 g/mol.